The highest BCUT2D eigenvalue weighted by atomic mass is 79.9. The molecule has 144 valence electrons. The zero-order valence-electron chi connectivity index (χ0n) is 15.2. The highest BCUT2D eigenvalue weighted by molar-refractivity contribution is 9.10. The molecule has 0 saturated carbocycles. The molecular formula is C23H16BrClN2O2. The summed E-state index contributed by atoms with van der Waals surface area (Å²) in [6.45, 7) is 0.422. The highest BCUT2D eigenvalue weighted by Crippen LogP contribution is 2.18. The van der Waals surface area contributed by atoms with Crippen molar-refractivity contribution < 1.29 is 9.53 Å². The van der Waals surface area contributed by atoms with Crippen LogP contribution < -0.4 is 10.1 Å². The van der Waals surface area contributed by atoms with Crippen molar-refractivity contribution in [3.63, 3.8) is 0 Å². The van der Waals surface area contributed by atoms with Crippen molar-refractivity contribution in [2.45, 2.75) is 6.61 Å². The SMILES string of the molecule is N#C/C(=C/c1ccc(OCc2ccc(Cl)cc2)cc1)C(=O)Nc1ccc(Br)cc1. The van der Waals surface area contributed by atoms with Crippen molar-refractivity contribution >= 4 is 45.2 Å². The Morgan fingerprint density at radius 3 is 2.31 bits per heavy atom. The van der Waals surface area contributed by atoms with E-state index in [1.807, 2.05) is 42.5 Å². The lowest BCUT2D eigenvalue weighted by Crippen LogP contribution is -2.13. The zero-order valence-corrected chi connectivity index (χ0v) is 17.6. The van der Waals surface area contributed by atoms with Gasteiger partial charge >= 0.3 is 0 Å². The molecule has 29 heavy (non-hydrogen) atoms. The van der Waals surface area contributed by atoms with Gasteiger partial charge in [0.2, 0.25) is 0 Å². The monoisotopic (exact) mass is 466 g/mol. The van der Waals surface area contributed by atoms with Crippen LogP contribution in [-0.4, -0.2) is 5.91 Å². The smallest absolute Gasteiger partial charge is 0.266 e. The average Bonchev–Trinajstić information content (AvgIpc) is 2.74. The fourth-order valence-electron chi connectivity index (χ4n) is 2.45. The number of rotatable bonds is 6. The predicted molar refractivity (Wildman–Crippen MR) is 119 cm³/mol. The van der Waals surface area contributed by atoms with E-state index in [2.05, 4.69) is 21.2 Å². The van der Waals surface area contributed by atoms with Gasteiger partial charge < -0.3 is 10.1 Å². The van der Waals surface area contributed by atoms with E-state index in [0.29, 0.717) is 23.1 Å². The summed E-state index contributed by atoms with van der Waals surface area (Å²) in [5.74, 6) is 0.229. The number of nitriles is 1. The maximum atomic E-state index is 12.3. The van der Waals surface area contributed by atoms with Gasteiger partial charge in [0.25, 0.3) is 5.91 Å². The van der Waals surface area contributed by atoms with Crippen molar-refractivity contribution in [1.29, 1.82) is 5.26 Å². The fourth-order valence-corrected chi connectivity index (χ4v) is 2.84. The molecule has 0 radical (unpaired) electrons. The number of carbonyl (C=O) groups is 1. The highest BCUT2D eigenvalue weighted by Gasteiger charge is 2.09. The third-order valence-electron chi connectivity index (χ3n) is 3.98. The molecule has 0 spiro atoms. The van der Waals surface area contributed by atoms with Gasteiger partial charge in [-0.2, -0.15) is 5.26 Å². The molecule has 3 aromatic rings. The summed E-state index contributed by atoms with van der Waals surface area (Å²) >= 11 is 9.21. The topological polar surface area (TPSA) is 62.1 Å². The fraction of sp³-hybridized carbons (Fsp3) is 0.0435. The second-order valence-corrected chi connectivity index (χ2v) is 7.47. The number of nitrogens with zero attached hydrogens (tertiary/aromatic N) is 1. The van der Waals surface area contributed by atoms with Crippen LogP contribution in [0.5, 0.6) is 5.75 Å². The Morgan fingerprint density at radius 1 is 1.03 bits per heavy atom. The van der Waals surface area contributed by atoms with Crippen LogP contribution in [0.2, 0.25) is 5.02 Å². The third-order valence-corrected chi connectivity index (χ3v) is 4.76. The van der Waals surface area contributed by atoms with Gasteiger partial charge in [-0.3, -0.25) is 4.79 Å². The number of benzene rings is 3. The van der Waals surface area contributed by atoms with Crippen LogP contribution in [-0.2, 0) is 11.4 Å². The molecule has 0 aliphatic carbocycles. The minimum Gasteiger partial charge on any atom is -0.489 e. The average molecular weight is 468 g/mol. The summed E-state index contributed by atoms with van der Waals surface area (Å²) in [4.78, 5) is 12.3. The molecule has 1 amide bonds. The van der Waals surface area contributed by atoms with E-state index in [9.17, 15) is 10.1 Å². The summed E-state index contributed by atoms with van der Waals surface area (Å²) in [5.41, 5.74) is 2.37. The van der Waals surface area contributed by atoms with Gasteiger partial charge in [-0.05, 0) is 65.7 Å². The number of hydrogen-bond donors (Lipinski definition) is 1. The minimum absolute atomic E-state index is 0.0164. The number of halogens is 2. The number of anilines is 1. The third kappa shape index (κ3) is 6.21. The van der Waals surface area contributed by atoms with Gasteiger partial charge in [0.05, 0.1) is 0 Å². The van der Waals surface area contributed by atoms with E-state index in [0.717, 1.165) is 15.6 Å². The van der Waals surface area contributed by atoms with E-state index in [1.54, 1.807) is 36.4 Å². The van der Waals surface area contributed by atoms with Crippen LogP contribution in [0.4, 0.5) is 5.69 Å². The number of hydrogen-bond acceptors (Lipinski definition) is 3. The van der Waals surface area contributed by atoms with Crippen molar-refractivity contribution in [3.8, 4) is 11.8 Å². The molecule has 6 heteroatoms. The van der Waals surface area contributed by atoms with E-state index in [-0.39, 0.29) is 5.57 Å². The van der Waals surface area contributed by atoms with Gasteiger partial charge in [0.15, 0.2) is 0 Å². The summed E-state index contributed by atoms with van der Waals surface area (Å²) < 4.78 is 6.65. The quantitative estimate of drug-likeness (QED) is 0.345. The van der Waals surface area contributed by atoms with Crippen molar-refractivity contribution in [1.82, 2.24) is 0 Å². The van der Waals surface area contributed by atoms with E-state index >= 15 is 0 Å². The molecule has 0 unspecified atom stereocenters. The van der Waals surface area contributed by atoms with Gasteiger partial charge in [-0.25, -0.2) is 0 Å². The Kier molecular flexibility index (Phi) is 7.07. The summed E-state index contributed by atoms with van der Waals surface area (Å²) in [6.07, 6.45) is 1.54. The number of amides is 1. The van der Waals surface area contributed by atoms with Crippen LogP contribution in [0.15, 0.2) is 82.8 Å². The van der Waals surface area contributed by atoms with Crippen LogP contribution in [0, 0.1) is 11.3 Å². The lowest BCUT2D eigenvalue weighted by molar-refractivity contribution is -0.112. The molecule has 0 aromatic heterocycles. The number of nitrogens with one attached hydrogen (secondary N) is 1. The van der Waals surface area contributed by atoms with Crippen LogP contribution in [0.3, 0.4) is 0 Å². The molecule has 0 saturated heterocycles. The molecule has 0 aliphatic rings. The van der Waals surface area contributed by atoms with Crippen LogP contribution in [0.1, 0.15) is 11.1 Å². The Balaban J connectivity index is 1.63. The first kappa shape index (κ1) is 20.7. The second kappa shape index (κ2) is 9.92. The first-order valence-electron chi connectivity index (χ1n) is 8.69. The van der Waals surface area contributed by atoms with E-state index in [1.165, 1.54) is 6.08 Å². The lowest BCUT2D eigenvalue weighted by atomic mass is 10.1. The molecule has 3 aromatic carbocycles. The summed E-state index contributed by atoms with van der Waals surface area (Å²) in [5, 5.41) is 12.7. The van der Waals surface area contributed by atoms with Gasteiger partial charge in [0.1, 0.15) is 24.0 Å². The number of carbonyl (C=O) groups excluding carboxylic acids is 1. The van der Waals surface area contributed by atoms with Gasteiger partial charge in [-0.15, -0.1) is 0 Å². The molecule has 0 bridgehead atoms. The first-order chi connectivity index (χ1) is 14.0. The van der Waals surface area contributed by atoms with Gasteiger partial charge in [0, 0.05) is 15.2 Å². The maximum absolute atomic E-state index is 12.3. The first-order valence-corrected chi connectivity index (χ1v) is 9.86. The predicted octanol–water partition coefficient (Wildman–Crippen LogP) is 6.23. The van der Waals surface area contributed by atoms with E-state index in [4.69, 9.17) is 16.3 Å². The standard InChI is InChI=1S/C23H16BrClN2O2/c24-19-5-9-21(10-6-19)27-23(28)18(14-26)13-16-3-11-22(12-4-16)29-15-17-1-7-20(25)8-2-17/h1-13H,15H2,(H,27,28)/b18-13-. The molecule has 0 atom stereocenters. The van der Waals surface area contributed by atoms with Crippen molar-refractivity contribution in [2.75, 3.05) is 5.32 Å². The zero-order chi connectivity index (χ0) is 20.6. The Labute approximate surface area is 182 Å². The van der Waals surface area contributed by atoms with Crippen molar-refractivity contribution in [2.24, 2.45) is 0 Å². The normalized spacial score (nSPS) is 10.9. The molecule has 3 rings (SSSR count). The lowest BCUT2D eigenvalue weighted by Gasteiger charge is -2.07. The van der Waals surface area contributed by atoms with Crippen LogP contribution >= 0.6 is 27.5 Å². The molecule has 4 nitrogen and oxygen atoms in total. The summed E-state index contributed by atoms with van der Waals surface area (Å²) in [7, 11) is 0. The minimum atomic E-state index is -0.460. The molecule has 0 aliphatic heterocycles. The Morgan fingerprint density at radius 2 is 1.69 bits per heavy atom. The van der Waals surface area contributed by atoms with Gasteiger partial charge in [-0.1, -0.05) is 51.8 Å². The largest absolute Gasteiger partial charge is 0.489 e. The number of ether oxygens (including phenoxy) is 1. The molecule has 1 N–H and O–H groups in total. The maximum Gasteiger partial charge on any atom is 0.266 e. The van der Waals surface area contributed by atoms with E-state index < -0.39 is 5.91 Å². The van der Waals surface area contributed by atoms with Crippen LogP contribution in [0.25, 0.3) is 6.08 Å². The second-order valence-electron chi connectivity index (χ2n) is 6.12. The molecule has 0 heterocycles. The Bertz CT molecular complexity index is 1050. The summed E-state index contributed by atoms with van der Waals surface area (Å²) in [6, 6.07) is 23.7. The molecular weight excluding hydrogens is 452 g/mol. The van der Waals surface area contributed by atoms with Crippen molar-refractivity contribution in [3.05, 3.63) is 99.0 Å². The molecule has 0 fully saturated rings. The Hall–Kier alpha value is -3.07.